The molecule has 14 heavy (non-hydrogen) atoms. The topological polar surface area (TPSA) is 0 Å². The van der Waals surface area contributed by atoms with Gasteiger partial charge >= 0.3 is 26.2 Å². The van der Waals surface area contributed by atoms with Crippen molar-refractivity contribution >= 4 is 0 Å². The van der Waals surface area contributed by atoms with E-state index in [0.717, 1.165) is 0 Å². The minimum absolute atomic E-state index is 0. The number of allylic oxidation sites excluding steroid dienone is 4. The van der Waals surface area contributed by atoms with Gasteiger partial charge in [-0.3, -0.25) is 6.08 Å². The molecule has 0 saturated carbocycles. The van der Waals surface area contributed by atoms with E-state index < -0.39 is 0 Å². The Hall–Kier alpha value is 0.943. The molecule has 1 unspecified atom stereocenters. The molecule has 0 fully saturated rings. The van der Waals surface area contributed by atoms with Crippen molar-refractivity contribution in [3.05, 3.63) is 23.8 Å². The van der Waals surface area contributed by atoms with Gasteiger partial charge in [0.2, 0.25) is 0 Å². The van der Waals surface area contributed by atoms with Crippen molar-refractivity contribution in [2.75, 3.05) is 0 Å². The van der Waals surface area contributed by atoms with Crippen LogP contribution in [-0.2, 0) is 26.2 Å². The molecule has 1 radical (unpaired) electrons. The Bertz CT molecular complexity index is 176. The van der Waals surface area contributed by atoms with Crippen molar-refractivity contribution in [2.24, 2.45) is 5.92 Å². The van der Waals surface area contributed by atoms with E-state index in [0.29, 0.717) is 5.92 Å². The zero-order valence-corrected chi connectivity index (χ0v) is 12.8. The summed E-state index contributed by atoms with van der Waals surface area (Å²) in [6, 6.07) is 0. The van der Waals surface area contributed by atoms with Crippen LogP contribution in [-0.4, -0.2) is 0 Å². The number of rotatable bonds is 4. The fourth-order valence-corrected chi connectivity index (χ4v) is 1.34. The Morgan fingerprint density at radius 1 is 1.29 bits per heavy atom. The molecule has 0 aromatic carbocycles. The van der Waals surface area contributed by atoms with E-state index in [2.05, 4.69) is 32.1 Å². The second-order valence-electron chi connectivity index (χ2n) is 3.17. The molecule has 1 aliphatic rings. The van der Waals surface area contributed by atoms with Crippen LogP contribution in [0.2, 0.25) is 0 Å². The molecule has 0 nitrogen and oxygen atoms in total. The molecular weight excluding hydrogens is 294 g/mol. The molecule has 0 aromatic heterocycles. The third-order valence-electron chi connectivity index (χ3n) is 2.16. The maximum atomic E-state index is 3.35. The quantitative estimate of drug-likeness (QED) is 0.504. The predicted molar refractivity (Wildman–Crippen MR) is 49.2 cm³/mol. The second-order valence-corrected chi connectivity index (χ2v) is 3.17. The first-order chi connectivity index (χ1) is 5.36. The average molecular weight is 311 g/mol. The number of hydrogen-bond donors (Lipinski definition) is 0. The normalized spacial score (nSPS) is 17.6. The molecule has 79 valence electrons. The van der Waals surface area contributed by atoms with Gasteiger partial charge in [0.05, 0.1) is 0 Å². The number of halogens is 2. The van der Waals surface area contributed by atoms with E-state index in [-0.39, 0.29) is 51.0 Å². The summed E-state index contributed by atoms with van der Waals surface area (Å²) in [7, 11) is 0. The van der Waals surface area contributed by atoms with Crippen molar-refractivity contribution in [1.29, 1.82) is 0 Å². The van der Waals surface area contributed by atoms with Gasteiger partial charge in [-0.25, -0.2) is 11.6 Å². The van der Waals surface area contributed by atoms with Crippen LogP contribution in [0.15, 0.2) is 17.7 Å². The summed E-state index contributed by atoms with van der Waals surface area (Å²) in [4.78, 5) is 0. The first-order valence-corrected chi connectivity index (χ1v) is 4.66. The Morgan fingerprint density at radius 3 is 2.36 bits per heavy atom. The summed E-state index contributed by atoms with van der Waals surface area (Å²) in [6.07, 6.45) is 12.9. The molecule has 0 aliphatic heterocycles. The summed E-state index contributed by atoms with van der Waals surface area (Å²) >= 11 is 0. The van der Waals surface area contributed by atoms with Crippen molar-refractivity contribution in [1.82, 2.24) is 0 Å². The molecule has 0 aromatic rings. The molecule has 0 N–H and O–H groups in total. The van der Waals surface area contributed by atoms with Crippen molar-refractivity contribution in [3.8, 4) is 0 Å². The molecule has 1 rings (SSSR count). The maximum Gasteiger partial charge on any atom is 3.00 e. The van der Waals surface area contributed by atoms with E-state index in [1.54, 1.807) is 0 Å². The van der Waals surface area contributed by atoms with E-state index >= 15 is 0 Å². The van der Waals surface area contributed by atoms with Gasteiger partial charge in [-0.1, -0.05) is 45.4 Å². The first-order valence-electron chi connectivity index (χ1n) is 4.66. The van der Waals surface area contributed by atoms with Crippen LogP contribution in [0.3, 0.4) is 0 Å². The fraction of sp³-hybridized carbons (Fsp3) is 0.636. The minimum Gasteiger partial charge on any atom is -1.00 e. The minimum atomic E-state index is 0. The molecule has 0 bridgehead atoms. The monoisotopic (exact) mass is 309 g/mol. The van der Waals surface area contributed by atoms with Crippen LogP contribution in [0.25, 0.3) is 0 Å². The Balaban J connectivity index is -0.000000403. The fourth-order valence-electron chi connectivity index (χ4n) is 1.34. The van der Waals surface area contributed by atoms with Gasteiger partial charge in [0.1, 0.15) is 0 Å². The van der Waals surface area contributed by atoms with Crippen LogP contribution >= 0.6 is 0 Å². The zero-order valence-electron chi connectivity index (χ0n) is 8.82. The van der Waals surface area contributed by atoms with Gasteiger partial charge in [-0.05, 0) is 0 Å². The van der Waals surface area contributed by atoms with E-state index in [4.69, 9.17) is 0 Å². The molecule has 0 spiro atoms. The summed E-state index contributed by atoms with van der Waals surface area (Å²) in [6.45, 7) is 4.45. The largest absolute Gasteiger partial charge is 3.00 e. The third kappa shape index (κ3) is 7.26. The average Bonchev–Trinajstić information content (AvgIpc) is 2.48. The van der Waals surface area contributed by atoms with E-state index in [1.807, 2.05) is 0 Å². The van der Waals surface area contributed by atoms with Crippen LogP contribution in [0, 0.1) is 12.0 Å². The van der Waals surface area contributed by atoms with E-state index in [9.17, 15) is 0 Å². The number of hydrogen-bond acceptors (Lipinski definition) is 0. The Labute approximate surface area is 120 Å². The summed E-state index contributed by atoms with van der Waals surface area (Å²) in [5.41, 5.74) is 1.50. The van der Waals surface area contributed by atoms with Crippen molar-refractivity contribution in [2.45, 2.75) is 39.5 Å². The molecule has 3 heteroatoms. The van der Waals surface area contributed by atoms with Crippen molar-refractivity contribution < 1.29 is 51.0 Å². The molecular formula is C11H17Cl2Zr. The second kappa shape index (κ2) is 12.0. The van der Waals surface area contributed by atoms with Gasteiger partial charge in [-0.15, -0.1) is 0 Å². The van der Waals surface area contributed by atoms with E-state index in [1.165, 1.54) is 31.3 Å². The molecule has 0 amide bonds. The van der Waals surface area contributed by atoms with Gasteiger partial charge < -0.3 is 24.8 Å². The van der Waals surface area contributed by atoms with Crippen LogP contribution < -0.4 is 24.8 Å². The van der Waals surface area contributed by atoms with Gasteiger partial charge in [0, 0.05) is 0 Å². The third-order valence-corrected chi connectivity index (χ3v) is 2.16. The number of unbranched alkanes of at least 4 members (excludes halogenated alkanes) is 1. The van der Waals surface area contributed by atoms with Gasteiger partial charge in [0.15, 0.2) is 0 Å². The standard InChI is InChI=1S/C11H17.2ClH.Zr/c1-3-5-6-11-8-7-10(4-2)9-11;;;/h8-10H,3-6H2,1-2H3;2*1H;/q-1;;;+3/p-2. The van der Waals surface area contributed by atoms with Crippen molar-refractivity contribution in [3.63, 3.8) is 0 Å². The maximum absolute atomic E-state index is 3.35. The molecule has 0 heterocycles. The first kappa shape index (κ1) is 20.4. The van der Waals surface area contributed by atoms with Crippen LogP contribution in [0.1, 0.15) is 39.5 Å². The summed E-state index contributed by atoms with van der Waals surface area (Å²) < 4.78 is 0. The van der Waals surface area contributed by atoms with Crippen LogP contribution in [0.4, 0.5) is 0 Å². The molecule has 1 atom stereocenters. The van der Waals surface area contributed by atoms with Gasteiger partial charge in [0.25, 0.3) is 0 Å². The molecule has 0 saturated heterocycles. The summed E-state index contributed by atoms with van der Waals surface area (Å²) in [5.74, 6) is 0.613. The zero-order chi connectivity index (χ0) is 8.10. The predicted octanol–water partition coefficient (Wildman–Crippen LogP) is -2.49. The molecule has 1 aliphatic carbocycles. The van der Waals surface area contributed by atoms with Gasteiger partial charge in [-0.2, -0.15) is 6.08 Å². The van der Waals surface area contributed by atoms with Crippen LogP contribution in [0.5, 0.6) is 0 Å². The smallest absolute Gasteiger partial charge is 1.00 e. The SMILES string of the molecule is CCCCC1=CC(CC)[C-]=C1.[Cl-].[Cl-].[Zr+3]. The Morgan fingerprint density at radius 2 is 1.93 bits per heavy atom. The Kier molecular flexibility index (Phi) is 17.5. The summed E-state index contributed by atoms with van der Waals surface area (Å²) in [5, 5.41) is 0.